The first-order valence-electron chi connectivity index (χ1n) is 9.36. The maximum absolute atomic E-state index is 12.4. The predicted octanol–water partition coefficient (Wildman–Crippen LogP) is 2.22. The summed E-state index contributed by atoms with van der Waals surface area (Å²) in [5.41, 5.74) is 0.783. The smallest absolute Gasteiger partial charge is 0.224 e. The summed E-state index contributed by atoms with van der Waals surface area (Å²) in [7, 11) is 0. The number of fused-ring (bicyclic) bond motifs is 2. The molecule has 4 rings (SSSR count). The van der Waals surface area contributed by atoms with Gasteiger partial charge in [-0.25, -0.2) is 9.67 Å². The first-order valence-corrected chi connectivity index (χ1v) is 9.36. The third-order valence-electron chi connectivity index (χ3n) is 5.22. The highest BCUT2D eigenvalue weighted by atomic mass is 16.5. The summed E-state index contributed by atoms with van der Waals surface area (Å²) in [6.45, 7) is 1.13. The summed E-state index contributed by atoms with van der Waals surface area (Å²) in [5, 5.41) is 10.7. The standard InChI is InChI=1S/C19H25N5O2/c25-19(10-14-8-16-4-5-17(9-14)22-16)23-15-2-1-3-18(11-15)26-7-6-24-13-20-12-21-24/h1-3,11-14,16-17,22H,4-10H2,(H,23,25). The summed E-state index contributed by atoms with van der Waals surface area (Å²) < 4.78 is 7.46. The number of benzene rings is 1. The molecule has 3 heterocycles. The summed E-state index contributed by atoms with van der Waals surface area (Å²) in [4.78, 5) is 16.3. The van der Waals surface area contributed by atoms with E-state index in [1.165, 1.54) is 19.2 Å². The number of hydrogen-bond acceptors (Lipinski definition) is 5. The molecule has 1 aromatic heterocycles. The Morgan fingerprint density at radius 3 is 2.92 bits per heavy atom. The average Bonchev–Trinajstić information content (AvgIpc) is 3.25. The highest BCUT2D eigenvalue weighted by Gasteiger charge is 2.34. The molecule has 2 atom stereocenters. The second kappa shape index (κ2) is 7.86. The number of ether oxygens (including phenoxy) is 1. The summed E-state index contributed by atoms with van der Waals surface area (Å²) >= 11 is 0. The van der Waals surface area contributed by atoms with Gasteiger partial charge < -0.3 is 15.4 Å². The molecule has 2 aromatic rings. The molecular weight excluding hydrogens is 330 g/mol. The molecule has 2 saturated heterocycles. The summed E-state index contributed by atoms with van der Waals surface area (Å²) in [6.07, 6.45) is 8.53. The number of piperidine rings is 1. The molecule has 2 fully saturated rings. The van der Waals surface area contributed by atoms with E-state index in [-0.39, 0.29) is 5.91 Å². The van der Waals surface area contributed by atoms with Crippen molar-refractivity contribution in [3.05, 3.63) is 36.9 Å². The van der Waals surface area contributed by atoms with E-state index in [9.17, 15) is 4.79 Å². The van der Waals surface area contributed by atoms with Crippen LogP contribution < -0.4 is 15.4 Å². The molecule has 2 aliphatic rings. The van der Waals surface area contributed by atoms with Gasteiger partial charge in [0.15, 0.2) is 0 Å². The minimum absolute atomic E-state index is 0.0936. The van der Waals surface area contributed by atoms with Crippen molar-refractivity contribution in [3.8, 4) is 5.75 Å². The Hall–Kier alpha value is -2.41. The maximum Gasteiger partial charge on any atom is 0.224 e. The lowest BCUT2D eigenvalue weighted by atomic mass is 9.89. The first kappa shape index (κ1) is 17.0. The first-order chi connectivity index (χ1) is 12.7. The van der Waals surface area contributed by atoms with Crippen LogP contribution in [0.25, 0.3) is 0 Å². The van der Waals surface area contributed by atoms with E-state index in [4.69, 9.17) is 4.74 Å². The third-order valence-corrected chi connectivity index (χ3v) is 5.22. The Bertz CT molecular complexity index is 721. The van der Waals surface area contributed by atoms with Crippen molar-refractivity contribution in [1.82, 2.24) is 20.1 Å². The molecule has 2 N–H and O–H groups in total. The number of nitrogens with one attached hydrogen (secondary N) is 2. The van der Waals surface area contributed by atoms with Crippen molar-refractivity contribution in [1.29, 1.82) is 0 Å². The van der Waals surface area contributed by atoms with Crippen LogP contribution in [0.1, 0.15) is 32.1 Å². The van der Waals surface area contributed by atoms with E-state index in [0.29, 0.717) is 37.6 Å². The molecule has 138 valence electrons. The van der Waals surface area contributed by atoms with Gasteiger partial charge in [-0.1, -0.05) is 6.07 Å². The van der Waals surface area contributed by atoms with E-state index in [0.717, 1.165) is 24.3 Å². The molecule has 2 bridgehead atoms. The molecule has 0 saturated carbocycles. The SMILES string of the molecule is O=C(CC1CC2CCC(C1)N2)Nc1cccc(OCCn2cncn2)c1. The molecule has 0 spiro atoms. The monoisotopic (exact) mass is 355 g/mol. The minimum atomic E-state index is 0.0936. The third kappa shape index (κ3) is 4.40. The molecule has 7 nitrogen and oxygen atoms in total. The van der Waals surface area contributed by atoms with Gasteiger partial charge in [0.05, 0.1) is 6.54 Å². The van der Waals surface area contributed by atoms with Gasteiger partial charge in [-0.05, 0) is 43.7 Å². The zero-order valence-electron chi connectivity index (χ0n) is 14.8. The van der Waals surface area contributed by atoms with Crippen LogP contribution >= 0.6 is 0 Å². The van der Waals surface area contributed by atoms with Crippen LogP contribution in [0.4, 0.5) is 5.69 Å². The van der Waals surface area contributed by atoms with Gasteiger partial charge >= 0.3 is 0 Å². The van der Waals surface area contributed by atoms with Crippen molar-refractivity contribution in [2.45, 2.75) is 50.7 Å². The number of rotatable bonds is 7. The fraction of sp³-hybridized carbons (Fsp3) is 0.526. The van der Waals surface area contributed by atoms with Crippen molar-refractivity contribution in [2.24, 2.45) is 5.92 Å². The summed E-state index contributed by atoms with van der Waals surface area (Å²) in [5.74, 6) is 1.33. The second-order valence-electron chi connectivity index (χ2n) is 7.26. The van der Waals surface area contributed by atoms with Crippen molar-refractivity contribution in [3.63, 3.8) is 0 Å². The number of hydrogen-bond donors (Lipinski definition) is 2. The summed E-state index contributed by atoms with van der Waals surface area (Å²) in [6, 6.07) is 8.79. The highest BCUT2D eigenvalue weighted by Crippen LogP contribution is 2.32. The Balaban J connectivity index is 1.25. The predicted molar refractivity (Wildman–Crippen MR) is 97.9 cm³/mol. The minimum Gasteiger partial charge on any atom is -0.492 e. The van der Waals surface area contributed by atoms with Gasteiger partial charge in [-0.3, -0.25) is 4.79 Å². The maximum atomic E-state index is 12.4. The normalized spacial score (nSPS) is 24.4. The molecule has 7 heteroatoms. The fourth-order valence-electron chi connectivity index (χ4n) is 4.08. The molecule has 26 heavy (non-hydrogen) atoms. The second-order valence-corrected chi connectivity index (χ2v) is 7.26. The van der Waals surface area contributed by atoms with Crippen LogP contribution in [0, 0.1) is 5.92 Å². The van der Waals surface area contributed by atoms with Gasteiger partial charge in [-0.2, -0.15) is 5.10 Å². The molecule has 0 aliphatic carbocycles. The number of nitrogens with zero attached hydrogens (tertiary/aromatic N) is 3. The zero-order valence-corrected chi connectivity index (χ0v) is 14.8. The number of anilines is 1. The Morgan fingerprint density at radius 2 is 2.15 bits per heavy atom. The molecule has 1 amide bonds. The van der Waals surface area contributed by atoms with Gasteiger partial charge in [0, 0.05) is 30.3 Å². The van der Waals surface area contributed by atoms with Gasteiger partial charge in [0.1, 0.15) is 25.0 Å². The lowest BCUT2D eigenvalue weighted by molar-refractivity contribution is -0.117. The molecule has 1 aromatic carbocycles. The molecule has 2 aliphatic heterocycles. The lowest BCUT2D eigenvalue weighted by Gasteiger charge is -2.28. The van der Waals surface area contributed by atoms with Crippen LogP contribution in [0.3, 0.4) is 0 Å². The molecular formula is C19H25N5O2. The van der Waals surface area contributed by atoms with E-state index in [1.807, 2.05) is 24.3 Å². The van der Waals surface area contributed by atoms with Gasteiger partial charge in [-0.15, -0.1) is 0 Å². The fourth-order valence-corrected chi connectivity index (χ4v) is 4.08. The Labute approximate surface area is 153 Å². The Morgan fingerprint density at radius 1 is 1.31 bits per heavy atom. The van der Waals surface area contributed by atoms with Gasteiger partial charge in [0.2, 0.25) is 5.91 Å². The molecule has 2 unspecified atom stereocenters. The van der Waals surface area contributed by atoms with Crippen LogP contribution in [-0.4, -0.2) is 39.4 Å². The lowest BCUT2D eigenvalue weighted by Crippen LogP contribution is -2.39. The van der Waals surface area contributed by atoms with Crippen molar-refractivity contribution < 1.29 is 9.53 Å². The van der Waals surface area contributed by atoms with Crippen LogP contribution in [0.2, 0.25) is 0 Å². The number of aromatic nitrogens is 3. The van der Waals surface area contributed by atoms with Crippen LogP contribution in [0.5, 0.6) is 5.75 Å². The number of amides is 1. The van der Waals surface area contributed by atoms with E-state index >= 15 is 0 Å². The van der Waals surface area contributed by atoms with Gasteiger partial charge in [0.25, 0.3) is 0 Å². The molecule has 0 radical (unpaired) electrons. The number of carbonyl (C=O) groups excluding carboxylic acids is 1. The van der Waals surface area contributed by atoms with Crippen molar-refractivity contribution in [2.75, 3.05) is 11.9 Å². The van der Waals surface area contributed by atoms with E-state index in [1.54, 1.807) is 11.0 Å². The topological polar surface area (TPSA) is 81.1 Å². The number of carbonyl (C=O) groups is 1. The highest BCUT2D eigenvalue weighted by molar-refractivity contribution is 5.91. The zero-order chi connectivity index (χ0) is 17.8. The van der Waals surface area contributed by atoms with Crippen LogP contribution in [0.15, 0.2) is 36.9 Å². The average molecular weight is 355 g/mol. The van der Waals surface area contributed by atoms with E-state index < -0.39 is 0 Å². The van der Waals surface area contributed by atoms with Crippen LogP contribution in [-0.2, 0) is 11.3 Å². The van der Waals surface area contributed by atoms with E-state index in [2.05, 4.69) is 20.7 Å². The Kier molecular flexibility index (Phi) is 5.15. The van der Waals surface area contributed by atoms with Crippen molar-refractivity contribution >= 4 is 11.6 Å². The largest absolute Gasteiger partial charge is 0.492 e. The quantitative estimate of drug-likeness (QED) is 0.796.